The molecule has 1 aromatic carbocycles. The maximum Gasteiger partial charge on any atom is 0.231 e. The van der Waals surface area contributed by atoms with Gasteiger partial charge in [-0.3, -0.25) is 4.79 Å². The molecule has 0 aliphatic carbocycles. The van der Waals surface area contributed by atoms with Crippen molar-refractivity contribution in [3.8, 4) is 0 Å². The second kappa shape index (κ2) is 4.31. The van der Waals surface area contributed by atoms with Gasteiger partial charge in [0.05, 0.1) is 11.6 Å². The average Bonchev–Trinajstić information content (AvgIpc) is 2.96. The summed E-state index contributed by atoms with van der Waals surface area (Å²) in [6.07, 6.45) is 1.26. The number of carbonyl (C=O) groups is 1. The van der Waals surface area contributed by atoms with E-state index in [1.54, 1.807) is 0 Å². The molecule has 1 saturated heterocycles. The van der Waals surface area contributed by atoms with Crippen LogP contribution in [0.3, 0.4) is 0 Å². The Morgan fingerprint density at radius 2 is 2.22 bits per heavy atom. The van der Waals surface area contributed by atoms with E-state index in [0.29, 0.717) is 30.8 Å². The fourth-order valence-electron chi connectivity index (χ4n) is 2.74. The minimum absolute atomic E-state index is 0.0243. The monoisotopic (exact) mass is 252 g/mol. The maximum atomic E-state index is 13.6. The molecule has 18 heavy (non-hydrogen) atoms. The summed E-state index contributed by atoms with van der Waals surface area (Å²) in [6, 6.07) is 2.13. The van der Waals surface area contributed by atoms with E-state index in [1.807, 2.05) is 0 Å². The number of nitrogens with zero attached hydrogens (tertiary/aromatic N) is 1. The third kappa shape index (κ3) is 1.79. The van der Waals surface area contributed by atoms with Crippen molar-refractivity contribution in [1.29, 1.82) is 0 Å². The van der Waals surface area contributed by atoms with Crippen LogP contribution in [-0.4, -0.2) is 25.5 Å². The SMILES string of the molecule is O=C([C@@H]1CCNC1)N1CCc2c(F)cc(F)cc21. The van der Waals surface area contributed by atoms with E-state index >= 15 is 0 Å². The number of carbonyl (C=O) groups excluding carboxylic acids is 1. The highest BCUT2D eigenvalue weighted by molar-refractivity contribution is 5.97. The lowest BCUT2D eigenvalue weighted by molar-refractivity contribution is -0.121. The van der Waals surface area contributed by atoms with E-state index < -0.39 is 11.6 Å². The fraction of sp³-hybridized carbons (Fsp3) is 0.462. The van der Waals surface area contributed by atoms with Gasteiger partial charge in [-0.15, -0.1) is 0 Å². The molecule has 2 aliphatic rings. The van der Waals surface area contributed by atoms with Crippen molar-refractivity contribution in [2.24, 2.45) is 5.92 Å². The summed E-state index contributed by atoms with van der Waals surface area (Å²) in [4.78, 5) is 13.8. The van der Waals surface area contributed by atoms with E-state index in [4.69, 9.17) is 0 Å². The zero-order chi connectivity index (χ0) is 12.7. The van der Waals surface area contributed by atoms with Gasteiger partial charge in [0.15, 0.2) is 0 Å². The number of amides is 1. The normalized spacial score (nSPS) is 22.3. The summed E-state index contributed by atoms with van der Waals surface area (Å²) >= 11 is 0. The predicted molar refractivity (Wildman–Crippen MR) is 63.4 cm³/mol. The number of benzene rings is 1. The molecule has 2 heterocycles. The molecule has 0 radical (unpaired) electrons. The molecular formula is C13H14F2N2O. The molecule has 0 unspecified atom stereocenters. The van der Waals surface area contributed by atoms with Crippen LogP contribution in [0.15, 0.2) is 12.1 Å². The van der Waals surface area contributed by atoms with E-state index in [-0.39, 0.29) is 11.8 Å². The number of nitrogens with one attached hydrogen (secondary N) is 1. The Morgan fingerprint density at radius 1 is 1.39 bits per heavy atom. The highest BCUT2D eigenvalue weighted by Crippen LogP contribution is 2.32. The number of hydrogen-bond donors (Lipinski definition) is 1. The number of halogens is 2. The van der Waals surface area contributed by atoms with Gasteiger partial charge < -0.3 is 10.2 Å². The molecule has 1 N–H and O–H groups in total. The number of fused-ring (bicyclic) bond motifs is 1. The van der Waals surface area contributed by atoms with Crippen LogP contribution >= 0.6 is 0 Å². The lowest BCUT2D eigenvalue weighted by atomic mass is 10.1. The van der Waals surface area contributed by atoms with Crippen LogP contribution in [0.2, 0.25) is 0 Å². The Labute approximate surface area is 104 Å². The van der Waals surface area contributed by atoms with E-state index in [0.717, 1.165) is 19.0 Å². The van der Waals surface area contributed by atoms with Gasteiger partial charge in [-0.25, -0.2) is 8.78 Å². The van der Waals surface area contributed by atoms with Crippen LogP contribution in [-0.2, 0) is 11.2 Å². The van der Waals surface area contributed by atoms with Crippen LogP contribution in [0, 0.1) is 17.6 Å². The molecule has 3 nitrogen and oxygen atoms in total. The topological polar surface area (TPSA) is 32.3 Å². The minimum Gasteiger partial charge on any atom is -0.316 e. The first-order valence-corrected chi connectivity index (χ1v) is 6.17. The van der Waals surface area contributed by atoms with Crippen LogP contribution < -0.4 is 10.2 Å². The Balaban J connectivity index is 1.92. The van der Waals surface area contributed by atoms with Crippen molar-refractivity contribution >= 4 is 11.6 Å². The van der Waals surface area contributed by atoms with Crippen LogP contribution in [0.1, 0.15) is 12.0 Å². The second-order valence-electron chi connectivity index (χ2n) is 4.81. The summed E-state index contributed by atoms with van der Waals surface area (Å²) in [6.45, 7) is 1.93. The zero-order valence-corrected chi connectivity index (χ0v) is 9.88. The summed E-state index contributed by atoms with van der Waals surface area (Å²) in [5.74, 6) is -1.27. The molecule has 1 atom stereocenters. The first kappa shape index (κ1) is 11.6. The molecule has 3 rings (SSSR count). The summed E-state index contributed by atoms with van der Waals surface area (Å²) in [5, 5.41) is 3.13. The van der Waals surface area contributed by atoms with Gasteiger partial charge in [-0.05, 0) is 25.5 Å². The summed E-state index contributed by atoms with van der Waals surface area (Å²) in [7, 11) is 0. The highest BCUT2D eigenvalue weighted by Gasteiger charge is 2.33. The van der Waals surface area contributed by atoms with Gasteiger partial charge in [-0.2, -0.15) is 0 Å². The molecule has 0 bridgehead atoms. The Hall–Kier alpha value is -1.49. The van der Waals surface area contributed by atoms with Crippen molar-refractivity contribution in [2.75, 3.05) is 24.5 Å². The standard InChI is InChI=1S/C13H14F2N2O/c14-9-5-11(15)10-2-4-17(12(10)6-9)13(18)8-1-3-16-7-8/h5-6,8,16H,1-4,7H2/t8-/m1/s1. The third-order valence-corrected chi connectivity index (χ3v) is 3.69. The molecule has 1 amide bonds. The van der Waals surface area contributed by atoms with Gasteiger partial charge in [0, 0.05) is 24.7 Å². The Bertz CT molecular complexity index is 498. The van der Waals surface area contributed by atoms with Gasteiger partial charge in [-0.1, -0.05) is 0 Å². The van der Waals surface area contributed by atoms with Crippen molar-refractivity contribution in [1.82, 2.24) is 5.32 Å². The lowest BCUT2D eigenvalue weighted by Crippen LogP contribution is -2.35. The van der Waals surface area contributed by atoms with Gasteiger partial charge >= 0.3 is 0 Å². The summed E-state index contributed by atoms with van der Waals surface area (Å²) < 4.78 is 26.8. The van der Waals surface area contributed by atoms with Crippen molar-refractivity contribution in [3.05, 3.63) is 29.3 Å². The molecule has 2 aliphatic heterocycles. The van der Waals surface area contributed by atoms with E-state index in [9.17, 15) is 13.6 Å². The molecule has 0 saturated carbocycles. The molecule has 5 heteroatoms. The number of anilines is 1. The second-order valence-corrected chi connectivity index (χ2v) is 4.81. The molecule has 0 aromatic heterocycles. The largest absolute Gasteiger partial charge is 0.316 e. The molecular weight excluding hydrogens is 238 g/mol. The fourth-order valence-corrected chi connectivity index (χ4v) is 2.74. The molecule has 0 spiro atoms. The average molecular weight is 252 g/mol. The molecule has 1 aromatic rings. The number of rotatable bonds is 1. The highest BCUT2D eigenvalue weighted by atomic mass is 19.1. The molecule has 96 valence electrons. The van der Waals surface area contributed by atoms with Crippen molar-refractivity contribution in [3.63, 3.8) is 0 Å². The lowest BCUT2D eigenvalue weighted by Gasteiger charge is -2.20. The Kier molecular flexibility index (Phi) is 2.78. The zero-order valence-electron chi connectivity index (χ0n) is 9.88. The summed E-state index contributed by atoms with van der Waals surface area (Å²) in [5.41, 5.74) is 0.861. The number of hydrogen-bond acceptors (Lipinski definition) is 2. The van der Waals surface area contributed by atoms with Gasteiger partial charge in [0.25, 0.3) is 0 Å². The van der Waals surface area contributed by atoms with Crippen LogP contribution in [0.4, 0.5) is 14.5 Å². The predicted octanol–water partition coefficient (Wildman–Crippen LogP) is 1.46. The molecule has 1 fully saturated rings. The van der Waals surface area contributed by atoms with Gasteiger partial charge in [0.1, 0.15) is 11.6 Å². The maximum absolute atomic E-state index is 13.6. The Morgan fingerprint density at radius 3 is 2.94 bits per heavy atom. The first-order valence-electron chi connectivity index (χ1n) is 6.17. The quantitative estimate of drug-likeness (QED) is 0.820. The van der Waals surface area contributed by atoms with Gasteiger partial charge in [0.2, 0.25) is 5.91 Å². The minimum atomic E-state index is -0.629. The smallest absolute Gasteiger partial charge is 0.231 e. The van der Waals surface area contributed by atoms with Crippen LogP contribution in [0.5, 0.6) is 0 Å². The van der Waals surface area contributed by atoms with E-state index in [2.05, 4.69) is 5.32 Å². The van der Waals surface area contributed by atoms with Crippen molar-refractivity contribution in [2.45, 2.75) is 12.8 Å². The van der Waals surface area contributed by atoms with E-state index in [1.165, 1.54) is 11.0 Å². The van der Waals surface area contributed by atoms with Crippen molar-refractivity contribution < 1.29 is 13.6 Å². The third-order valence-electron chi connectivity index (χ3n) is 3.69. The first-order chi connectivity index (χ1) is 8.66. The van der Waals surface area contributed by atoms with Crippen LogP contribution in [0.25, 0.3) is 0 Å².